The number of nitrogens with two attached hydrogens (primary N) is 1. The standard InChI is InChI=1S/C20H17F4N5O2S/c1-9-15(32-17(25)27-9)16(30)26-8-11-6-14-12(7-13(11)21)19(20(22,23)24,29-18(31)28-14)5-4-10-2-3-10/h6-7,10H,2-3,8H2,1H3,(H2,25,27)(H,26,30)(H2,28,29,31)/t19-/m0/s1. The maximum absolute atomic E-state index is 14.8. The Morgan fingerprint density at radius 3 is 2.72 bits per heavy atom. The first-order valence-electron chi connectivity index (χ1n) is 9.53. The Morgan fingerprint density at radius 2 is 2.12 bits per heavy atom. The molecular formula is C20H17F4N5O2S. The van der Waals surface area contributed by atoms with Crippen LogP contribution in [-0.4, -0.2) is 23.1 Å². The van der Waals surface area contributed by atoms with Gasteiger partial charge in [-0.1, -0.05) is 23.2 Å². The van der Waals surface area contributed by atoms with Crippen molar-refractivity contribution >= 4 is 34.1 Å². The Hall–Kier alpha value is -3.33. The van der Waals surface area contributed by atoms with E-state index >= 15 is 0 Å². The molecule has 1 fully saturated rings. The van der Waals surface area contributed by atoms with E-state index < -0.39 is 35.0 Å². The van der Waals surface area contributed by atoms with Crippen LogP contribution < -0.4 is 21.7 Å². The van der Waals surface area contributed by atoms with Crippen molar-refractivity contribution in [3.05, 3.63) is 39.6 Å². The van der Waals surface area contributed by atoms with Crippen LogP contribution >= 0.6 is 11.3 Å². The topological polar surface area (TPSA) is 109 Å². The number of hydrogen-bond donors (Lipinski definition) is 4. The van der Waals surface area contributed by atoms with Crippen LogP contribution in [0.3, 0.4) is 0 Å². The molecule has 32 heavy (non-hydrogen) atoms. The molecule has 2 aromatic rings. The van der Waals surface area contributed by atoms with Crippen LogP contribution in [0.1, 0.15) is 39.3 Å². The summed E-state index contributed by atoms with van der Waals surface area (Å²) in [7, 11) is 0. The van der Waals surface area contributed by atoms with Gasteiger partial charge in [-0.2, -0.15) is 13.2 Å². The summed E-state index contributed by atoms with van der Waals surface area (Å²) in [5, 5.41) is 6.78. The molecule has 0 saturated heterocycles. The highest BCUT2D eigenvalue weighted by Crippen LogP contribution is 2.45. The maximum Gasteiger partial charge on any atom is 0.427 e. The number of carbonyl (C=O) groups excluding carboxylic acids is 2. The van der Waals surface area contributed by atoms with Gasteiger partial charge in [0.2, 0.25) is 5.54 Å². The molecule has 2 aliphatic rings. The highest BCUT2D eigenvalue weighted by molar-refractivity contribution is 7.17. The minimum atomic E-state index is -4.99. The number of nitrogens with one attached hydrogen (secondary N) is 3. The lowest BCUT2D eigenvalue weighted by Crippen LogP contribution is -2.59. The number of hydrogen-bond acceptors (Lipinski definition) is 5. The maximum atomic E-state index is 14.8. The van der Waals surface area contributed by atoms with Crippen molar-refractivity contribution in [2.24, 2.45) is 5.92 Å². The van der Waals surface area contributed by atoms with Crippen LogP contribution in [-0.2, 0) is 12.1 Å². The molecule has 7 nitrogen and oxygen atoms in total. The molecule has 12 heteroatoms. The van der Waals surface area contributed by atoms with E-state index in [0.29, 0.717) is 24.6 Å². The zero-order valence-electron chi connectivity index (χ0n) is 16.6. The largest absolute Gasteiger partial charge is 0.427 e. The first kappa shape index (κ1) is 21.9. The minimum Gasteiger partial charge on any atom is -0.375 e. The number of halogens is 4. The molecule has 0 spiro atoms. The smallest absolute Gasteiger partial charge is 0.375 e. The zero-order chi connectivity index (χ0) is 23.3. The number of alkyl halides is 3. The SMILES string of the molecule is Cc1nc(N)sc1C(=O)NCc1cc2c(cc1F)[C@@](C#CC1CC1)(C(F)(F)F)NC(=O)N2. The predicted octanol–water partition coefficient (Wildman–Crippen LogP) is 3.41. The second kappa shape index (κ2) is 7.67. The van der Waals surface area contributed by atoms with Gasteiger partial charge in [-0.25, -0.2) is 14.2 Å². The molecule has 2 heterocycles. The van der Waals surface area contributed by atoms with Gasteiger partial charge in [0, 0.05) is 29.3 Å². The summed E-state index contributed by atoms with van der Waals surface area (Å²) in [5.74, 6) is 2.97. The number of nitrogens with zero attached hydrogens (tertiary/aromatic N) is 1. The normalized spacial score (nSPS) is 19.8. The number of aromatic nitrogens is 1. The van der Waals surface area contributed by atoms with Crippen LogP contribution in [0.15, 0.2) is 12.1 Å². The van der Waals surface area contributed by atoms with Crippen molar-refractivity contribution in [3.8, 4) is 11.8 Å². The molecule has 1 aromatic carbocycles. The quantitative estimate of drug-likeness (QED) is 0.410. The number of anilines is 2. The molecule has 4 rings (SSSR count). The second-order valence-corrected chi connectivity index (χ2v) is 8.54. The van der Waals surface area contributed by atoms with Gasteiger partial charge in [-0.05, 0) is 31.9 Å². The monoisotopic (exact) mass is 467 g/mol. The van der Waals surface area contributed by atoms with Crippen molar-refractivity contribution in [1.82, 2.24) is 15.6 Å². The summed E-state index contributed by atoms with van der Waals surface area (Å²) in [6.07, 6.45) is -3.64. The third-order valence-corrected chi connectivity index (χ3v) is 6.05. The number of aryl methyl sites for hydroxylation is 1. The molecule has 1 aliphatic carbocycles. The number of urea groups is 1. The third kappa shape index (κ3) is 3.95. The number of nitrogen functional groups attached to an aromatic ring is 1. The summed E-state index contributed by atoms with van der Waals surface area (Å²) in [5.41, 5.74) is 2.04. The van der Waals surface area contributed by atoms with E-state index in [1.807, 2.05) is 5.32 Å². The summed E-state index contributed by atoms with van der Waals surface area (Å²) in [6.45, 7) is 1.26. The number of carbonyl (C=O) groups is 2. The Balaban J connectivity index is 1.67. The molecule has 3 amide bonds. The molecule has 0 bridgehead atoms. The fraction of sp³-hybridized carbons (Fsp3) is 0.350. The first-order chi connectivity index (χ1) is 15.0. The minimum absolute atomic E-state index is 0.110. The average molecular weight is 467 g/mol. The lowest BCUT2D eigenvalue weighted by molar-refractivity contribution is -0.178. The van der Waals surface area contributed by atoms with E-state index in [1.54, 1.807) is 6.92 Å². The fourth-order valence-corrected chi connectivity index (χ4v) is 4.02. The molecule has 1 aromatic heterocycles. The van der Waals surface area contributed by atoms with Gasteiger partial charge in [0.05, 0.1) is 5.69 Å². The van der Waals surface area contributed by atoms with Gasteiger partial charge in [-0.3, -0.25) is 4.79 Å². The van der Waals surface area contributed by atoms with Gasteiger partial charge in [-0.15, -0.1) is 0 Å². The van der Waals surface area contributed by atoms with Crippen molar-refractivity contribution in [2.75, 3.05) is 11.1 Å². The van der Waals surface area contributed by atoms with Gasteiger partial charge in [0.15, 0.2) is 5.13 Å². The predicted molar refractivity (Wildman–Crippen MR) is 109 cm³/mol. The molecule has 168 valence electrons. The van der Waals surface area contributed by atoms with E-state index in [0.717, 1.165) is 17.4 Å². The number of amides is 3. The van der Waals surface area contributed by atoms with E-state index in [1.165, 1.54) is 0 Å². The van der Waals surface area contributed by atoms with Gasteiger partial charge in [0.25, 0.3) is 5.91 Å². The number of rotatable bonds is 3. The van der Waals surface area contributed by atoms with E-state index in [2.05, 4.69) is 27.5 Å². The van der Waals surface area contributed by atoms with Crippen molar-refractivity contribution in [2.45, 2.75) is 38.0 Å². The summed E-state index contributed by atoms with van der Waals surface area (Å²) in [6, 6.07) is 0.641. The highest BCUT2D eigenvalue weighted by atomic mass is 32.1. The van der Waals surface area contributed by atoms with Crippen LogP contribution in [0, 0.1) is 30.5 Å². The molecule has 0 unspecified atom stereocenters. The van der Waals surface area contributed by atoms with Crippen molar-refractivity contribution < 1.29 is 27.2 Å². The van der Waals surface area contributed by atoms with E-state index in [-0.39, 0.29) is 33.7 Å². The molecular weight excluding hydrogens is 450 g/mol. The average Bonchev–Trinajstić information content (AvgIpc) is 3.46. The Kier molecular flexibility index (Phi) is 5.24. The number of benzene rings is 1. The summed E-state index contributed by atoms with van der Waals surface area (Å²) in [4.78, 5) is 28.6. The van der Waals surface area contributed by atoms with Gasteiger partial charge >= 0.3 is 12.2 Å². The third-order valence-electron chi connectivity index (χ3n) is 5.06. The fourth-order valence-electron chi connectivity index (χ4n) is 3.27. The molecule has 1 aliphatic heterocycles. The summed E-state index contributed by atoms with van der Waals surface area (Å²) < 4.78 is 57.1. The molecule has 0 radical (unpaired) electrons. The Morgan fingerprint density at radius 1 is 1.41 bits per heavy atom. The van der Waals surface area contributed by atoms with Crippen LogP contribution in [0.2, 0.25) is 0 Å². The zero-order valence-corrected chi connectivity index (χ0v) is 17.4. The molecule has 5 N–H and O–H groups in total. The van der Waals surface area contributed by atoms with Crippen molar-refractivity contribution in [1.29, 1.82) is 0 Å². The van der Waals surface area contributed by atoms with Gasteiger partial charge in [0.1, 0.15) is 10.7 Å². The number of fused-ring (bicyclic) bond motifs is 1. The van der Waals surface area contributed by atoms with Crippen LogP contribution in [0.4, 0.5) is 33.2 Å². The van der Waals surface area contributed by atoms with E-state index in [4.69, 9.17) is 5.73 Å². The lowest BCUT2D eigenvalue weighted by atomic mass is 9.85. The summed E-state index contributed by atoms with van der Waals surface area (Å²) >= 11 is 0.956. The van der Waals surface area contributed by atoms with E-state index in [9.17, 15) is 27.2 Å². The lowest BCUT2D eigenvalue weighted by Gasteiger charge is -2.37. The van der Waals surface area contributed by atoms with Crippen LogP contribution in [0.5, 0.6) is 0 Å². The Labute approximate surface area is 183 Å². The molecule has 1 saturated carbocycles. The molecule has 1 atom stereocenters. The Bertz CT molecular complexity index is 1180. The van der Waals surface area contributed by atoms with Gasteiger partial charge < -0.3 is 21.7 Å². The van der Waals surface area contributed by atoms with Crippen LogP contribution in [0.25, 0.3) is 0 Å². The second-order valence-electron chi connectivity index (χ2n) is 7.51. The first-order valence-corrected chi connectivity index (χ1v) is 10.3. The highest BCUT2D eigenvalue weighted by Gasteiger charge is 2.59. The van der Waals surface area contributed by atoms with Crippen molar-refractivity contribution in [3.63, 3.8) is 0 Å². The number of thiazole rings is 1.